The average Bonchev–Trinajstić information content (AvgIpc) is 2.35. The Balaban J connectivity index is 2.85. The van der Waals surface area contributed by atoms with Gasteiger partial charge in [-0.2, -0.15) is 5.26 Å². The van der Waals surface area contributed by atoms with Crippen molar-refractivity contribution in [2.24, 2.45) is 5.41 Å². The highest BCUT2D eigenvalue weighted by Crippen LogP contribution is 2.27. The van der Waals surface area contributed by atoms with Crippen molar-refractivity contribution < 1.29 is 4.79 Å². The number of nitrogens with one attached hydrogen (secondary N) is 1. The van der Waals surface area contributed by atoms with Gasteiger partial charge in [-0.05, 0) is 31.9 Å². The second kappa shape index (κ2) is 5.49. The van der Waals surface area contributed by atoms with Gasteiger partial charge in [0.15, 0.2) is 0 Å². The van der Waals surface area contributed by atoms with Gasteiger partial charge in [-0.15, -0.1) is 0 Å². The van der Waals surface area contributed by atoms with Crippen LogP contribution in [0.3, 0.4) is 0 Å². The topological polar surface area (TPSA) is 52.9 Å². The maximum Gasteiger partial charge on any atom is 0.244 e. The van der Waals surface area contributed by atoms with E-state index in [1.165, 1.54) is 0 Å². The molecule has 0 aliphatic carbocycles. The van der Waals surface area contributed by atoms with Crippen LogP contribution in [0.15, 0.2) is 24.3 Å². The first kappa shape index (κ1) is 13.2. The summed E-state index contributed by atoms with van der Waals surface area (Å²) in [6.07, 6.45) is 1.05. The van der Waals surface area contributed by atoms with Crippen LogP contribution in [0.4, 0.5) is 5.69 Å². The molecule has 1 aromatic carbocycles. The molecule has 1 aromatic rings. The highest BCUT2D eigenvalue weighted by Gasteiger charge is 2.34. The van der Waals surface area contributed by atoms with Crippen molar-refractivity contribution in [1.82, 2.24) is 0 Å². The molecule has 0 atom stereocenters. The van der Waals surface area contributed by atoms with Crippen LogP contribution < -0.4 is 5.32 Å². The number of hydrogen-bond donors (Lipinski definition) is 1. The fourth-order valence-electron chi connectivity index (χ4n) is 1.67. The van der Waals surface area contributed by atoms with Crippen LogP contribution in [-0.4, -0.2) is 5.91 Å². The Morgan fingerprint density at radius 1 is 1.29 bits per heavy atom. The van der Waals surface area contributed by atoms with Crippen molar-refractivity contribution in [3.63, 3.8) is 0 Å². The zero-order valence-corrected chi connectivity index (χ0v) is 10.6. The van der Waals surface area contributed by atoms with Gasteiger partial charge in [-0.3, -0.25) is 4.79 Å². The Morgan fingerprint density at radius 3 is 2.24 bits per heavy atom. The molecule has 1 rings (SSSR count). The average molecular weight is 230 g/mol. The summed E-state index contributed by atoms with van der Waals surface area (Å²) in [5.74, 6) is -0.214. The Hall–Kier alpha value is -1.82. The highest BCUT2D eigenvalue weighted by atomic mass is 16.2. The molecule has 3 heteroatoms. The molecule has 0 aliphatic heterocycles. The third-order valence-electron chi connectivity index (χ3n) is 3.17. The summed E-state index contributed by atoms with van der Waals surface area (Å²) in [7, 11) is 0. The second-order valence-electron chi connectivity index (χ2n) is 4.22. The summed E-state index contributed by atoms with van der Waals surface area (Å²) in [5, 5.41) is 12.0. The maximum atomic E-state index is 12.1. The number of nitriles is 1. The molecule has 3 nitrogen and oxygen atoms in total. The molecule has 1 N–H and O–H groups in total. The van der Waals surface area contributed by atoms with Crippen LogP contribution in [0.5, 0.6) is 0 Å². The van der Waals surface area contributed by atoms with Gasteiger partial charge in [-0.25, -0.2) is 0 Å². The molecule has 0 aromatic heterocycles. The maximum absolute atomic E-state index is 12.1. The van der Waals surface area contributed by atoms with E-state index in [2.05, 4.69) is 11.4 Å². The summed E-state index contributed by atoms with van der Waals surface area (Å²) >= 11 is 0. The lowest BCUT2D eigenvalue weighted by Crippen LogP contribution is -2.33. The van der Waals surface area contributed by atoms with Gasteiger partial charge in [-0.1, -0.05) is 31.5 Å². The molecule has 0 fully saturated rings. The number of carbonyl (C=O) groups is 1. The lowest BCUT2D eigenvalue weighted by molar-refractivity contribution is -0.123. The van der Waals surface area contributed by atoms with Crippen LogP contribution in [0.2, 0.25) is 0 Å². The molecule has 90 valence electrons. The van der Waals surface area contributed by atoms with Gasteiger partial charge in [0.25, 0.3) is 0 Å². The molecule has 0 saturated carbocycles. The Labute approximate surface area is 102 Å². The standard InChI is InChI=1S/C14H18N2O/c1-4-14(5-2,10-15)13(17)16-12-8-6-11(3)7-9-12/h6-9H,4-5H2,1-3H3,(H,16,17). The normalized spacial score (nSPS) is 10.7. The van der Waals surface area contributed by atoms with E-state index < -0.39 is 5.41 Å². The lowest BCUT2D eigenvalue weighted by atomic mass is 9.83. The summed E-state index contributed by atoms with van der Waals surface area (Å²) in [6.45, 7) is 5.71. The largest absolute Gasteiger partial charge is 0.325 e. The van der Waals surface area contributed by atoms with Crippen molar-refractivity contribution in [3.05, 3.63) is 29.8 Å². The van der Waals surface area contributed by atoms with E-state index in [-0.39, 0.29) is 5.91 Å². The smallest absolute Gasteiger partial charge is 0.244 e. The van der Waals surface area contributed by atoms with E-state index in [9.17, 15) is 4.79 Å². The van der Waals surface area contributed by atoms with E-state index in [4.69, 9.17) is 5.26 Å². The molecule has 0 heterocycles. The molecule has 0 aliphatic rings. The van der Waals surface area contributed by atoms with Gasteiger partial charge in [0.2, 0.25) is 5.91 Å². The third kappa shape index (κ3) is 2.85. The highest BCUT2D eigenvalue weighted by molar-refractivity contribution is 5.97. The number of benzene rings is 1. The molecule has 17 heavy (non-hydrogen) atoms. The second-order valence-corrected chi connectivity index (χ2v) is 4.22. The SMILES string of the molecule is CCC(C#N)(CC)C(=O)Nc1ccc(C)cc1. The zero-order chi connectivity index (χ0) is 12.9. The van der Waals surface area contributed by atoms with Crippen LogP contribution >= 0.6 is 0 Å². The third-order valence-corrected chi connectivity index (χ3v) is 3.17. The Bertz CT molecular complexity index is 425. The number of anilines is 1. The fourth-order valence-corrected chi connectivity index (χ4v) is 1.67. The lowest BCUT2D eigenvalue weighted by Gasteiger charge is -2.22. The Morgan fingerprint density at radius 2 is 1.82 bits per heavy atom. The number of rotatable bonds is 4. The van der Waals surface area contributed by atoms with Crippen LogP contribution in [-0.2, 0) is 4.79 Å². The van der Waals surface area contributed by atoms with Crippen LogP contribution in [0.1, 0.15) is 32.3 Å². The van der Waals surface area contributed by atoms with Gasteiger partial charge in [0.1, 0.15) is 5.41 Å². The van der Waals surface area contributed by atoms with E-state index in [1.807, 2.05) is 45.0 Å². The summed E-state index contributed by atoms with van der Waals surface area (Å²) < 4.78 is 0. The summed E-state index contributed by atoms with van der Waals surface area (Å²) in [6, 6.07) is 9.69. The quantitative estimate of drug-likeness (QED) is 0.863. The summed E-state index contributed by atoms with van der Waals surface area (Å²) in [5.41, 5.74) is 0.966. The van der Waals surface area contributed by atoms with E-state index in [0.717, 1.165) is 11.3 Å². The predicted molar refractivity (Wildman–Crippen MR) is 68.4 cm³/mol. The number of amides is 1. The van der Waals surface area contributed by atoms with Gasteiger partial charge in [0, 0.05) is 5.69 Å². The first-order valence-corrected chi connectivity index (χ1v) is 5.87. The molecule has 0 saturated heterocycles. The van der Waals surface area contributed by atoms with Crippen LogP contribution in [0, 0.1) is 23.7 Å². The van der Waals surface area contributed by atoms with E-state index in [0.29, 0.717) is 12.8 Å². The molecule has 0 unspecified atom stereocenters. The number of hydrogen-bond acceptors (Lipinski definition) is 2. The first-order valence-electron chi connectivity index (χ1n) is 5.87. The minimum atomic E-state index is -0.912. The summed E-state index contributed by atoms with van der Waals surface area (Å²) in [4.78, 5) is 12.1. The fraction of sp³-hybridized carbons (Fsp3) is 0.429. The van der Waals surface area contributed by atoms with Gasteiger partial charge in [0.05, 0.1) is 6.07 Å². The minimum absolute atomic E-state index is 0.214. The predicted octanol–water partition coefficient (Wildman–Crippen LogP) is 3.26. The molecule has 0 spiro atoms. The van der Waals surface area contributed by atoms with Crippen molar-refractivity contribution in [1.29, 1.82) is 5.26 Å². The molecular formula is C14H18N2O. The number of aryl methyl sites for hydroxylation is 1. The van der Waals surface area contributed by atoms with Crippen molar-refractivity contribution in [2.45, 2.75) is 33.6 Å². The van der Waals surface area contributed by atoms with Crippen molar-refractivity contribution in [2.75, 3.05) is 5.32 Å². The van der Waals surface area contributed by atoms with Gasteiger partial charge < -0.3 is 5.32 Å². The van der Waals surface area contributed by atoms with E-state index in [1.54, 1.807) is 0 Å². The molecule has 0 bridgehead atoms. The van der Waals surface area contributed by atoms with Gasteiger partial charge >= 0.3 is 0 Å². The monoisotopic (exact) mass is 230 g/mol. The van der Waals surface area contributed by atoms with Crippen LogP contribution in [0.25, 0.3) is 0 Å². The van der Waals surface area contributed by atoms with Crippen molar-refractivity contribution >= 4 is 11.6 Å². The Kier molecular flexibility index (Phi) is 4.28. The zero-order valence-electron chi connectivity index (χ0n) is 10.6. The number of carbonyl (C=O) groups excluding carboxylic acids is 1. The van der Waals surface area contributed by atoms with Crippen molar-refractivity contribution in [3.8, 4) is 6.07 Å². The van der Waals surface area contributed by atoms with E-state index >= 15 is 0 Å². The first-order chi connectivity index (χ1) is 8.07. The minimum Gasteiger partial charge on any atom is -0.325 e. The number of nitrogens with zero attached hydrogens (tertiary/aromatic N) is 1. The molecule has 0 radical (unpaired) electrons. The molecule has 1 amide bonds. The molecular weight excluding hydrogens is 212 g/mol.